The second-order valence-electron chi connectivity index (χ2n) is 15.3. The zero-order chi connectivity index (χ0) is 46.3. The maximum Gasteiger partial charge on any atom is 0.135 e. The second-order valence-corrected chi connectivity index (χ2v) is 15.3. The van der Waals surface area contributed by atoms with Crippen molar-refractivity contribution < 1.29 is 38.8 Å². The van der Waals surface area contributed by atoms with E-state index in [0.29, 0.717) is 39.7 Å². The van der Waals surface area contributed by atoms with Crippen LogP contribution in [0.2, 0.25) is 0 Å². The Morgan fingerprint density at radius 2 is 1.32 bits per heavy atom. The van der Waals surface area contributed by atoms with Gasteiger partial charge in [0, 0.05) is 86.3 Å². The van der Waals surface area contributed by atoms with Crippen molar-refractivity contribution in [1.29, 1.82) is 0 Å². The maximum atomic E-state index is 8.54. The molecule has 0 amide bonds. The molecule has 7 heteroatoms. The predicted molar refractivity (Wildman–Crippen MR) is 250 cm³/mol. The van der Waals surface area contributed by atoms with Gasteiger partial charge in [-0.2, -0.15) is 12.1 Å². The summed E-state index contributed by atoms with van der Waals surface area (Å²) in [5.41, 5.74) is 10.6. The molecule has 0 N–H and O–H groups in total. The number of nitrogens with zero attached hydrogens (tertiary/aromatic N) is 4. The molecule has 15 rings (SSSR count). The number of fused-ring (bicyclic) bond motifs is 6. The summed E-state index contributed by atoms with van der Waals surface area (Å²) in [7, 11) is 0. The van der Waals surface area contributed by atoms with Crippen molar-refractivity contribution in [2.45, 2.75) is 13.7 Å². The van der Waals surface area contributed by atoms with Gasteiger partial charge in [0.05, 0.1) is 0 Å². The van der Waals surface area contributed by atoms with Gasteiger partial charge in [-0.3, -0.25) is 0 Å². The van der Waals surface area contributed by atoms with Gasteiger partial charge >= 0.3 is 0 Å². The minimum absolute atomic E-state index is 0. The maximum absolute atomic E-state index is 8.54. The Morgan fingerprint density at radius 1 is 0.571 bits per heavy atom. The molecule has 8 aromatic carbocycles. The van der Waals surface area contributed by atoms with Crippen molar-refractivity contribution in [1.82, 2.24) is 9.55 Å². The summed E-state index contributed by atoms with van der Waals surface area (Å²) < 4.78 is 65.0. The van der Waals surface area contributed by atoms with E-state index in [1.54, 1.807) is 36.5 Å². The van der Waals surface area contributed by atoms with Crippen LogP contribution in [0.1, 0.15) is 19.4 Å². The van der Waals surface area contributed by atoms with Crippen molar-refractivity contribution >= 4 is 44.6 Å². The molecule has 0 radical (unpaired) electrons. The monoisotopic (exact) mass is 998 g/mol. The van der Waals surface area contributed by atoms with Crippen molar-refractivity contribution in [3.8, 4) is 62.2 Å². The van der Waals surface area contributed by atoms with Crippen LogP contribution in [-0.4, -0.2) is 9.55 Å². The number of hydrogen-bond donors (Lipinski definition) is 0. The fourth-order valence-corrected chi connectivity index (χ4v) is 8.66. The van der Waals surface area contributed by atoms with Crippen molar-refractivity contribution in [3.05, 3.63) is 212 Å². The van der Waals surface area contributed by atoms with Gasteiger partial charge in [-0.05, 0) is 95.9 Å². The summed E-state index contributed by atoms with van der Waals surface area (Å²) in [5.74, 6) is 2.14. The van der Waals surface area contributed by atoms with Crippen LogP contribution in [0.5, 0.6) is 23.0 Å². The number of ether oxygens (including phenoxy) is 2. The average molecular weight is 999 g/mol. The van der Waals surface area contributed by atoms with Crippen molar-refractivity contribution in [2.75, 3.05) is 9.80 Å². The molecule has 6 nitrogen and oxygen atoms in total. The molecule has 0 fully saturated rings. The molecule has 0 saturated carbocycles. The van der Waals surface area contributed by atoms with Crippen LogP contribution in [0.25, 0.3) is 61.0 Å². The molecular formula is C56H37N4O2Pt-3. The van der Waals surface area contributed by atoms with Gasteiger partial charge in [0.15, 0.2) is 0 Å². The Balaban J connectivity index is 0.00000520. The molecule has 12 bridgehead atoms. The summed E-state index contributed by atoms with van der Waals surface area (Å²) >= 11 is 0. The normalized spacial score (nSPS) is 14.4. The fourth-order valence-electron chi connectivity index (χ4n) is 8.66. The standard InChI is InChI=1S/C56H37N4O2.Pt/c1-36-18-27-50-49(30-36)48-26-25-45-33-53(48)60(50)55-29-22-41(34-57-55)40-21-28-54(37(2)31-40)62-43-23-19-39(20-24-43)47-15-9-14-46(38-10-4-3-5-11-38)56(47)59-35-58(51-16-6-7-17-52(51)59)42-12-8-13-44(32-42)61-45;/h3-31,34-35H,1-2H3;/q-3;/i1D3,2D3;. The van der Waals surface area contributed by atoms with E-state index in [0.717, 1.165) is 61.3 Å². The first-order valence-electron chi connectivity index (χ1n) is 23.3. The number of anilines is 4. The Bertz CT molecular complexity index is 3600. The molecule has 0 aliphatic carbocycles. The average Bonchev–Trinajstić information content (AvgIpc) is 3.89. The third-order valence-corrected chi connectivity index (χ3v) is 11.6. The largest absolute Gasteiger partial charge is 0.509 e. The van der Waals surface area contributed by atoms with E-state index in [1.807, 2.05) is 108 Å². The molecule has 2 aromatic heterocycles. The van der Waals surface area contributed by atoms with E-state index < -0.39 is 13.7 Å². The molecule has 5 aliphatic heterocycles. The first kappa shape index (κ1) is 32.3. The summed E-state index contributed by atoms with van der Waals surface area (Å²) in [6.07, 6.45) is 1.70. The Kier molecular flexibility index (Phi) is 7.95. The molecular weight excluding hydrogens is 956 g/mol. The van der Waals surface area contributed by atoms with Gasteiger partial charge in [0.1, 0.15) is 17.3 Å². The minimum atomic E-state index is -2.49. The summed E-state index contributed by atoms with van der Waals surface area (Å²) in [6, 6.07) is 63.1. The summed E-state index contributed by atoms with van der Waals surface area (Å²) in [4.78, 5) is 9.21. The third-order valence-electron chi connectivity index (χ3n) is 11.6. The summed E-state index contributed by atoms with van der Waals surface area (Å²) in [6.45, 7) is -2.73. The number of para-hydroxylation sites is 3. The number of aromatic nitrogens is 2. The molecule has 10 aromatic rings. The molecule has 0 atom stereocenters. The minimum Gasteiger partial charge on any atom is -0.509 e. The van der Waals surface area contributed by atoms with Crippen LogP contribution >= 0.6 is 0 Å². The number of aryl methyl sites for hydroxylation is 2. The quantitative estimate of drug-likeness (QED) is 0.153. The Hall–Kier alpha value is -7.40. The number of pyridine rings is 1. The number of hydrogen-bond acceptors (Lipinski definition) is 5. The zero-order valence-electron chi connectivity index (χ0n) is 39.3. The van der Waals surface area contributed by atoms with Crippen LogP contribution < -0.4 is 19.3 Å². The van der Waals surface area contributed by atoms with Gasteiger partial charge in [0.25, 0.3) is 0 Å². The van der Waals surface area contributed by atoms with Crippen LogP contribution in [-0.2, 0) is 21.1 Å². The predicted octanol–water partition coefficient (Wildman–Crippen LogP) is 14.7. The topological polar surface area (TPSA) is 42.8 Å². The van der Waals surface area contributed by atoms with Crippen LogP contribution in [0.15, 0.2) is 182 Å². The van der Waals surface area contributed by atoms with E-state index in [-0.39, 0.29) is 37.9 Å². The molecule has 5 aliphatic rings. The Labute approximate surface area is 388 Å². The van der Waals surface area contributed by atoms with E-state index in [9.17, 15) is 0 Å². The van der Waals surface area contributed by atoms with E-state index in [1.165, 1.54) is 0 Å². The molecule has 0 unspecified atom stereocenters. The number of benzene rings is 8. The van der Waals surface area contributed by atoms with Gasteiger partial charge < -0.3 is 23.8 Å². The number of rotatable bonds is 1. The van der Waals surface area contributed by atoms with Gasteiger partial charge in [-0.25, -0.2) is 4.98 Å². The SMILES string of the molecule is [2H]C([2H])([2H])c1ccc2c(c1)c1ccc3[c-]c1n2-c1ccc(cn1)-c1ccc(c(C([2H])([2H])[2H])c1)Oc1ccc(cc1)-c1cccc(-c2ccccc2)c1N1[CH-]N(c2[c-]c(ccc2)O3)c2ccccc21.[Pt]. The van der Waals surface area contributed by atoms with Crippen molar-refractivity contribution in [3.63, 3.8) is 0 Å². The van der Waals surface area contributed by atoms with E-state index in [4.69, 9.17) is 22.7 Å². The first-order chi connectivity index (χ1) is 32.9. The van der Waals surface area contributed by atoms with E-state index in [2.05, 4.69) is 71.1 Å². The van der Waals surface area contributed by atoms with Crippen LogP contribution in [0.4, 0.5) is 22.7 Å². The third kappa shape index (κ3) is 6.66. The van der Waals surface area contributed by atoms with Crippen LogP contribution in [0.3, 0.4) is 0 Å². The molecule has 306 valence electrons. The first-order valence-corrected chi connectivity index (χ1v) is 20.3. The molecule has 63 heavy (non-hydrogen) atoms. The van der Waals surface area contributed by atoms with Gasteiger partial charge in [-0.15, -0.1) is 48.1 Å². The smallest absolute Gasteiger partial charge is 0.135 e. The summed E-state index contributed by atoms with van der Waals surface area (Å²) in [5, 5.41) is 1.48. The zero-order valence-corrected chi connectivity index (χ0v) is 35.6. The van der Waals surface area contributed by atoms with Gasteiger partial charge in [0.2, 0.25) is 0 Å². The Morgan fingerprint density at radius 3 is 2.11 bits per heavy atom. The molecule has 0 saturated heterocycles. The molecule has 7 heterocycles. The fraction of sp³-hybridized carbons (Fsp3) is 0.0357. The molecule has 0 spiro atoms. The second kappa shape index (κ2) is 15.5. The van der Waals surface area contributed by atoms with Crippen molar-refractivity contribution in [2.24, 2.45) is 0 Å². The van der Waals surface area contributed by atoms with E-state index >= 15 is 0 Å². The van der Waals surface area contributed by atoms with Gasteiger partial charge in [-0.1, -0.05) is 102 Å². The van der Waals surface area contributed by atoms with Crippen LogP contribution in [0, 0.1) is 32.5 Å².